The van der Waals surface area contributed by atoms with Crippen molar-refractivity contribution in [1.82, 2.24) is 0 Å². The predicted molar refractivity (Wildman–Crippen MR) is 73.8 cm³/mol. The summed E-state index contributed by atoms with van der Waals surface area (Å²) in [6, 6.07) is 5.43. The number of benzene rings is 1. The van der Waals surface area contributed by atoms with Crippen LogP contribution in [0, 0.1) is 5.92 Å². The lowest BCUT2D eigenvalue weighted by atomic mass is 9.88. The third-order valence-corrected chi connectivity index (χ3v) is 3.88. The zero-order chi connectivity index (χ0) is 12.3. The summed E-state index contributed by atoms with van der Waals surface area (Å²) in [5, 5.41) is 2.97. The largest absolute Gasteiger partial charge is 0.399 e. The number of rotatable bonds is 2. The van der Waals surface area contributed by atoms with Gasteiger partial charge in [-0.25, -0.2) is 0 Å². The first-order chi connectivity index (χ1) is 8.16. The molecular formula is C13H17BrN2O. The van der Waals surface area contributed by atoms with Gasteiger partial charge in [0.1, 0.15) is 0 Å². The van der Waals surface area contributed by atoms with Crippen molar-refractivity contribution in [3.05, 3.63) is 22.7 Å². The van der Waals surface area contributed by atoms with Crippen LogP contribution in [0.4, 0.5) is 11.4 Å². The van der Waals surface area contributed by atoms with Crippen LogP contribution in [0.15, 0.2) is 22.7 Å². The van der Waals surface area contributed by atoms with Crippen molar-refractivity contribution in [2.45, 2.75) is 32.1 Å². The van der Waals surface area contributed by atoms with E-state index in [0.717, 1.165) is 23.0 Å². The predicted octanol–water partition coefficient (Wildman–Crippen LogP) is 3.55. The van der Waals surface area contributed by atoms with Crippen LogP contribution in [0.3, 0.4) is 0 Å². The molecule has 1 amide bonds. The maximum Gasteiger partial charge on any atom is 0.227 e. The first-order valence-electron chi connectivity index (χ1n) is 6.02. The molecule has 0 spiro atoms. The minimum atomic E-state index is 0.134. The highest BCUT2D eigenvalue weighted by atomic mass is 79.9. The Morgan fingerprint density at radius 3 is 2.65 bits per heavy atom. The number of carbonyl (C=O) groups is 1. The fraction of sp³-hybridized carbons (Fsp3) is 0.462. The van der Waals surface area contributed by atoms with Gasteiger partial charge in [-0.3, -0.25) is 4.79 Å². The molecule has 0 aromatic heterocycles. The minimum absolute atomic E-state index is 0.134. The fourth-order valence-corrected chi connectivity index (χ4v) is 2.73. The third-order valence-electron chi connectivity index (χ3n) is 3.23. The van der Waals surface area contributed by atoms with E-state index in [0.29, 0.717) is 5.69 Å². The average molecular weight is 297 g/mol. The number of nitrogen functional groups attached to an aromatic ring is 1. The molecule has 1 saturated carbocycles. The average Bonchev–Trinajstić information content (AvgIpc) is 2.34. The van der Waals surface area contributed by atoms with E-state index in [1.165, 1.54) is 19.3 Å². The SMILES string of the molecule is Nc1ccc(NC(=O)C2CCCCC2)c(Br)c1. The summed E-state index contributed by atoms with van der Waals surface area (Å²) in [6.45, 7) is 0. The molecule has 0 heterocycles. The van der Waals surface area contributed by atoms with E-state index in [2.05, 4.69) is 21.2 Å². The van der Waals surface area contributed by atoms with Crippen LogP contribution < -0.4 is 11.1 Å². The molecule has 0 unspecified atom stereocenters. The van der Waals surface area contributed by atoms with E-state index in [1.54, 1.807) is 12.1 Å². The van der Waals surface area contributed by atoms with Crippen molar-refractivity contribution in [3.63, 3.8) is 0 Å². The Kier molecular flexibility index (Phi) is 4.05. The molecule has 0 aliphatic heterocycles. The second-order valence-corrected chi connectivity index (χ2v) is 5.42. The Morgan fingerprint density at radius 1 is 1.29 bits per heavy atom. The van der Waals surface area contributed by atoms with Gasteiger partial charge in [-0.05, 0) is 47.0 Å². The number of carbonyl (C=O) groups excluding carboxylic acids is 1. The molecule has 92 valence electrons. The van der Waals surface area contributed by atoms with Crippen molar-refractivity contribution in [2.75, 3.05) is 11.1 Å². The van der Waals surface area contributed by atoms with Crippen molar-refractivity contribution >= 4 is 33.2 Å². The van der Waals surface area contributed by atoms with Crippen LogP contribution in [-0.4, -0.2) is 5.91 Å². The highest BCUT2D eigenvalue weighted by Crippen LogP contribution is 2.28. The Hall–Kier alpha value is -1.03. The minimum Gasteiger partial charge on any atom is -0.399 e. The van der Waals surface area contributed by atoms with Crippen molar-refractivity contribution < 1.29 is 4.79 Å². The summed E-state index contributed by atoms with van der Waals surface area (Å²) >= 11 is 3.40. The molecule has 0 bridgehead atoms. The van der Waals surface area contributed by atoms with Gasteiger partial charge in [0.2, 0.25) is 5.91 Å². The first kappa shape index (κ1) is 12.4. The lowest BCUT2D eigenvalue weighted by Crippen LogP contribution is -2.24. The first-order valence-corrected chi connectivity index (χ1v) is 6.82. The van der Waals surface area contributed by atoms with Gasteiger partial charge in [-0.2, -0.15) is 0 Å². The van der Waals surface area contributed by atoms with Gasteiger partial charge in [0.15, 0.2) is 0 Å². The molecule has 1 aliphatic carbocycles. The number of hydrogen-bond acceptors (Lipinski definition) is 2. The summed E-state index contributed by atoms with van der Waals surface area (Å²) in [6.07, 6.45) is 5.62. The fourth-order valence-electron chi connectivity index (χ4n) is 2.23. The van der Waals surface area contributed by atoms with E-state index < -0.39 is 0 Å². The molecule has 0 radical (unpaired) electrons. The summed E-state index contributed by atoms with van der Waals surface area (Å²) in [4.78, 5) is 12.0. The maximum absolute atomic E-state index is 12.0. The number of nitrogens with one attached hydrogen (secondary N) is 1. The van der Waals surface area contributed by atoms with Crippen molar-refractivity contribution in [3.8, 4) is 0 Å². The molecule has 1 aromatic carbocycles. The normalized spacial score (nSPS) is 16.8. The number of hydrogen-bond donors (Lipinski definition) is 2. The molecule has 4 heteroatoms. The monoisotopic (exact) mass is 296 g/mol. The Balaban J connectivity index is 2.02. The molecule has 1 fully saturated rings. The van der Waals surface area contributed by atoms with Gasteiger partial charge in [-0.1, -0.05) is 19.3 Å². The number of amides is 1. The van der Waals surface area contributed by atoms with Crippen LogP contribution in [0.25, 0.3) is 0 Å². The zero-order valence-electron chi connectivity index (χ0n) is 9.71. The highest BCUT2D eigenvalue weighted by Gasteiger charge is 2.21. The number of anilines is 2. The van der Waals surface area contributed by atoms with Gasteiger partial charge in [-0.15, -0.1) is 0 Å². The molecule has 1 aliphatic rings. The summed E-state index contributed by atoms with van der Waals surface area (Å²) < 4.78 is 0.835. The van der Waals surface area contributed by atoms with E-state index in [-0.39, 0.29) is 11.8 Å². The molecule has 0 atom stereocenters. The molecular weight excluding hydrogens is 280 g/mol. The highest BCUT2D eigenvalue weighted by molar-refractivity contribution is 9.10. The van der Waals surface area contributed by atoms with Gasteiger partial charge in [0.25, 0.3) is 0 Å². The second kappa shape index (κ2) is 5.54. The Morgan fingerprint density at radius 2 is 2.00 bits per heavy atom. The summed E-state index contributed by atoms with van der Waals surface area (Å²) in [5.41, 5.74) is 7.15. The van der Waals surface area contributed by atoms with Crippen molar-refractivity contribution in [1.29, 1.82) is 0 Å². The van der Waals surface area contributed by atoms with Crippen LogP contribution in [-0.2, 0) is 4.79 Å². The van der Waals surface area contributed by atoms with Gasteiger partial charge in [0.05, 0.1) is 5.69 Å². The quantitative estimate of drug-likeness (QED) is 0.820. The van der Waals surface area contributed by atoms with Crippen LogP contribution in [0.1, 0.15) is 32.1 Å². The lowest BCUT2D eigenvalue weighted by Gasteiger charge is -2.21. The Labute approximate surface area is 110 Å². The van der Waals surface area contributed by atoms with Gasteiger partial charge >= 0.3 is 0 Å². The summed E-state index contributed by atoms with van der Waals surface area (Å²) in [7, 11) is 0. The van der Waals surface area contributed by atoms with Gasteiger partial charge in [0, 0.05) is 16.1 Å². The van der Waals surface area contributed by atoms with Crippen LogP contribution >= 0.6 is 15.9 Å². The van der Waals surface area contributed by atoms with Crippen LogP contribution in [0.5, 0.6) is 0 Å². The third kappa shape index (κ3) is 3.22. The van der Waals surface area contributed by atoms with Crippen LogP contribution in [0.2, 0.25) is 0 Å². The molecule has 3 nitrogen and oxygen atoms in total. The van der Waals surface area contributed by atoms with E-state index in [1.807, 2.05) is 6.07 Å². The summed E-state index contributed by atoms with van der Waals surface area (Å²) in [5.74, 6) is 0.309. The number of nitrogens with two attached hydrogens (primary N) is 1. The smallest absolute Gasteiger partial charge is 0.227 e. The second-order valence-electron chi connectivity index (χ2n) is 4.56. The lowest BCUT2D eigenvalue weighted by molar-refractivity contribution is -0.120. The van der Waals surface area contributed by atoms with E-state index in [9.17, 15) is 4.79 Å². The standard InChI is InChI=1S/C13H17BrN2O/c14-11-8-10(15)6-7-12(11)16-13(17)9-4-2-1-3-5-9/h6-9H,1-5,15H2,(H,16,17). The Bertz CT molecular complexity index is 414. The topological polar surface area (TPSA) is 55.1 Å². The molecule has 0 saturated heterocycles. The van der Waals surface area contributed by atoms with E-state index >= 15 is 0 Å². The number of halogens is 1. The zero-order valence-corrected chi connectivity index (χ0v) is 11.3. The van der Waals surface area contributed by atoms with Crippen molar-refractivity contribution in [2.24, 2.45) is 5.92 Å². The molecule has 17 heavy (non-hydrogen) atoms. The maximum atomic E-state index is 12.0. The van der Waals surface area contributed by atoms with Gasteiger partial charge < -0.3 is 11.1 Å². The molecule has 1 aromatic rings. The molecule has 2 rings (SSSR count). The molecule has 3 N–H and O–H groups in total. The van der Waals surface area contributed by atoms with E-state index in [4.69, 9.17) is 5.73 Å².